The van der Waals surface area contributed by atoms with Gasteiger partial charge in [0.25, 0.3) is 10.0 Å². The molecule has 0 spiro atoms. The van der Waals surface area contributed by atoms with Gasteiger partial charge in [0, 0.05) is 12.7 Å². The summed E-state index contributed by atoms with van der Waals surface area (Å²) in [7, 11) is -3.78. The van der Waals surface area contributed by atoms with Gasteiger partial charge in [0.2, 0.25) is 0 Å². The van der Waals surface area contributed by atoms with Gasteiger partial charge in [0.15, 0.2) is 5.03 Å². The molecule has 0 aliphatic carbocycles. The summed E-state index contributed by atoms with van der Waals surface area (Å²) in [4.78, 5) is 15.1. The lowest BCUT2D eigenvalue weighted by Gasteiger charge is -2.03. The molecule has 0 fully saturated rings. The molecule has 1 rings (SSSR count). The Balaban J connectivity index is 2.77. The number of sulfonamides is 1. The van der Waals surface area contributed by atoms with Gasteiger partial charge in [0.1, 0.15) is 12.4 Å². The number of aromatic nitrogens is 2. The molecule has 7 nitrogen and oxygen atoms in total. The van der Waals surface area contributed by atoms with E-state index in [2.05, 4.69) is 14.4 Å². The van der Waals surface area contributed by atoms with E-state index in [1.807, 2.05) is 6.92 Å². The van der Waals surface area contributed by atoms with E-state index < -0.39 is 22.5 Å². The van der Waals surface area contributed by atoms with E-state index >= 15 is 0 Å². The molecule has 1 N–H and O–H groups in total. The van der Waals surface area contributed by atoms with Gasteiger partial charge in [-0.1, -0.05) is 6.92 Å². The molecule has 0 unspecified atom stereocenters. The number of hydrogen-bond acceptors (Lipinski definition) is 5. The highest BCUT2D eigenvalue weighted by molar-refractivity contribution is 7.89. The quantitative estimate of drug-likeness (QED) is 0.736. The average Bonchev–Trinajstić information content (AvgIpc) is 2.71. The summed E-state index contributed by atoms with van der Waals surface area (Å²) in [5.41, 5.74) is 0. The highest BCUT2D eigenvalue weighted by atomic mass is 32.2. The summed E-state index contributed by atoms with van der Waals surface area (Å²) in [6.07, 6.45) is 2.35. The predicted molar refractivity (Wildman–Crippen MR) is 69.1 cm³/mol. The van der Waals surface area contributed by atoms with Gasteiger partial charge in [0.05, 0.1) is 6.61 Å². The Morgan fingerprint density at radius 2 is 2.16 bits per heavy atom. The van der Waals surface area contributed by atoms with Crippen LogP contribution in [0, 0.1) is 6.92 Å². The molecule has 19 heavy (non-hydrogen) atoms. The normalized spacial score (nSPS) is 11.5. The van der Waals surface area contributed by atoms with Gasteiger partial charge in [-0.3, -0.25) is 4.79 Å². The number of carbonyl (C=O) groups is 1. The highest BCUT2D eigenvalue weighted by Crippen LogP contribution is 2.09. The van der Waals surface area contributed by atoms with Crippen LogP contribution < -0.4 is 4.72 Å². The summed E-state index contributed by atoms with van der Waals surface area (Å²) < 4.78 is 32.4. The SMILES string of the molecule is CCCn1cc(S(=O)(=O)NCC(=O)OCC)nc1C. The van der Waals surface area contributed by atoms with Crippen molar-refractivity contribution in [2.45, 2.75) is 38.8 Å². The fourth-order valence-corrected chi connectivity index (χ4v) is 2.49. The van der Waals surface area contributed by atoms with Crippen molar-refractivity contribution in [3.8, 4) is 0 Å². The molecule has 0 aliphatic rings. The van der Waals surface area contributed by atoms with E-state index in [-0.39, 0.29) is 11.6 Å². The number of hydrogen-bond donors (Lipinski definition) is 1. The number of aryl methyl sites for hydroxylation is 2. The number of nitrogens with one attached hydrogen (secondary N) is 1. The largest absolute Gasteiger partial charge is 0.465 e. The zero-order chi connectivity index (χ0) is 14.5. The van der Waals surface area contributed by atoms with Gasteiger partial charge >= 0.3 is 5.97 Å². The smallest absolute Gasteiger partial charge is 0.321 e. The maximum absolute atomic E-state index is 11.9. The first-order chi connectivity index (χ1) is 8.90. The summed E-state index contributed by atoms with van der Waals surface area (Å²) in [6, 6.07) is 0. The second-order valence-electron chi connectivity index (χ2n) is 3.95. The first-order valence-corrected chi connectivity index (χ1v) is 7.58. The Hall–Kier alpha value is -1.41. The highest BCUT2D eigenvalue weighted by Gasteiger charge is 2.20. The van der Waals surface area contributed by atoms with Crippen LogP contribution in [0.15, 0.2) is 11.2 Å². The topological polar surface area (TPSA) is 90.3 Å². The second-order valence-corrected chi connectivity index (χ2v) is 5.66. The second kappa shape index (κ2) is 6.67. The van der Waals surface area contributed by atoms with Crippen molar-refractivity contribution < 1.29 is 17.9 Å². The zero-order valence-electron chi connectivity index (χ0n) is 11.3. The van der Waals surface area contributed by atoms with Crippen LogP contribution in [0.4, 0.5) is 0 Å². The zero-order valence-corrected chi connectivity index (χ0v) is 12.2. The van der Waals surface area contributed by atoms with Crippen LogP contribution in [0.25, 0.3) is 0 Å². The van der Waals surface area contributed by atoms with Crippen molar-refractivity contribution in [3.63, 3.8) is 0 Å². The number of rotatable bonds is 7. The van der Waals surface area contributed by atoms with Crippen molar-refractivity contribution >= 4 is 16.0 Å². The molecule has 8 heteroatoms. The van der Waals surface area contributed by atoms with E-state index in [9.17, 15) is 13.2 Å². The van der Waals surface area contributed by atoms with Crippen LogP contribution in [-0.4, -0.2) is 37.1 Å². The molecule has 0 saturated carbocycles. The van der Waals surface area contributed by atoms with Gasteiger partial charge in [-0.05, 0) is 20.3 Å². The molecule has 0 radical (unpaired) electrons. The van der Waals surface area contributed by atoms with Gasteiger partial charge in [-0.15, -0.1) is 0 Å². The number of nitrogens with zero attached hydrogens (tertiary/aromatic N) is 2. The summed E-state index contributed by atoms with van der Waals surface area (Å²) in [5, 5.41) is -0.0808. The molecule has 108 valence electrons. The summed E-state index contributed by atoms with van der Waals surface area (Å²) in [6.45, 7) is 5.90. The molecule has 0 atom stereocenters. The number of imidazole rings is 1. The molecule has 0 aromatic carbocycles. The summed E-state index contributed by atoms with van der Waals surface area (Å²) in [5.74, 6) is 0.00847. The molecule has 1 aromatic heterocycles. The lowest BCUT2D eigenvalue weighted by molar-refractivity contribution is -0.141. The van der Waals surface area contributed by atoms with Crippen LogP contribution in [0.3, 0.4) is 0 Å². The van der Waals surface area contributed by atoms with Crippen molar-refractivity contribution in [2.75, 3.05) is 13.2 Å². The molecular weight excluding hydrogens is 270 g/mol. The minimum atomic E-state index is -3.78. The Morgan fingerprint density at radius 3 is 2.74 bits per heavy atom. The van der Waals surface area contributed by atoms with Crippen LogP contribution in [-0.2, 0) is 26.1 Å². The molecule has 0 aliphatic heterocycles. The molecule has 1 aromatic rings. The van der Waals surface area contributed by atoms with Gasteiger partial charge in [-0.2, -0.15) is 4.72 Å². The van der Waals surface area contributed by atoms with E-state index in [4.69, 9.17) is 0 Å². The lowest BCUT2D eigenvalue weighted by atomic mass is 10.5. The fourth-order valence-electron chi connectivity index (χ4n) is 1.52. The van der Waals surface area contributed by atoms with Gasteiger partial charge < -0.3 is 9.30 Å². The molecular formula is C11H19N3O4S. The van der Waals surface area contributed by atoms with Crippen LogP contribution in [0.1, 0.15) is 26.1 Å². The van der Waals surface area contributed by atoms with E-state index in [1.54, 1.807) is 18.4 Å². The van der Waals surface area contributed by atoms with E-state index in [0.29, 0.717) is 12.4 Å². The first-order valence-electron chi connectivity index (χ1n) is 6.09. The van der Waals surface area contributed by atoms with Crippen molar-refractivity contribution in [1.82, 2.24) is 14.3 Å². The predicted octanol–water partition coefficient (Wildman–Crippen LogP) is 0.443. The molecule has 0 saturated heterocycles. The Labute approximate surface area is 113 Å². The lowest BCUT2D eigenvalue weighted by Crippen LogP contribution is -2.31. The van der Waals surface area contributed by atoms with E-state index in [1.165, 1.54) is 6.20 Å². The third-order valence-corrected chi connectivity index (χ3v) is 3.68. The van der Waals surface area contributed by atoms with Crippen LogP contribution in [0.5, 0.6) is 0 Å². The third-order valence-electron chi connectivity index (χ3n) is 2.41. The Morgan fingerprint density at radius 1 is 1.47 bits per heavy atom. The Bertz CT molecular complexity index is 536. The number of carbonyl (C=O) groups excluding carboxylic acids is 1. The van der Waals surface area contributed by atoms with E-state index in [0.717, 1.165) is 6.42 Å². The van der Waals surface area contributed by atoms with Crippen molar-refractivity contribution in [2.24, 2.45) is 0 Å². The maximum atomic E-state index is 11.9. The first kappa shape index (κ1) is 15.6. The molecule has 0 amide bonds. The number of esters is 1. The van der Waals surface area contributed by atoms with Crippen molar-refractivity contribution in [1.29, 1.82) is 0 Å². The van der Waals surface area contributed by atoms with Crippen LogP contribution in [0.2, 0.25) is 0 Å². The minimum Gasteiger partial charge on any atom is -0.465 e. The standard InChI is InChI=1S/C11H19N3O4S/c1-4-6-14-8-10(13-9(14)3)19(16,17)12-7-11(15)18-5-2/h8,12H,4-7H2,1-3H3. The molecule has 0 bridgehead atoms. The maximum Gasteiger partial charge on any atom is 0.321 e. The minimum absolute atomic E-state index is 0.0808. The monoisotopic (exact) mass is 289 g/mol. The average molecular weight is 289 g/mol. The van der Waals surface area contributed by atoms with Crippen molar-refractivity contribution in [3.05, 3.63) is 12.0 Å². The van der Waals surface area contributed by atoms with Crippen LogP contribution >= 0.6 is 0 Å². The molecule has 1 heterocycles. The fraction of sp³-hybridized carbons (Fsp3) is 0.636. The Kier molecular flexibility index (Phi) is 5.49. The van der Waals surface area contributed by atoms with Gasteiger partial charge in [-0.25, -0.2) is 13.4 Å². The third kappa shape index (κ3) is 4.32. The number of ether oxygens (including phenoxy) is 1. The summed E-state index contributed by atoms with van der Waals surface area (Å²) >= 11 is 0.